The topological polar surface area (TPSA) is 52.6 Å². The fourth-order valence-electron chi connectivity index (χ4n) is 2.32. The van der Waals surface area contributed by atoms with Crippen LogP contribution in [-0.2, 0) is 4.79 Å². The van der Waals surface area contributed by atoms with E-state index in [2.05, 4.69) is 21.2 Å². The van der Waals surface area contributed by atoms with Gasteiger partial charge in [-0.15, -0.1) is 0 Å². The van der Waals surface area contributed by atoms with Crippen LogP contribution in [0.4, 0.5) is 4.39 Å². The molecule has 2 rings (SSSR count). The molecule has 1 aromatic rings. The molecule has 1 aromatic carbocycles. The highest BCUT2D eigenvalue weighted by atomic mass is 79.9. The quantitative estimate of drug-likeness (QED) is 0.890. The molecule has 0 spiro atoms. The van der Waals surface area contributed by atoms with Crippen molar-refractivity contribution in [1.29, 1.82) is 0 Å². The summed E-state index contributed by atoms with van der Waals surface area (Å²) in [5, 5.41) is 12.7. The Morgan fingerprint density at radius 1 is 1.42 bits per heavy atom. The zero-order chi connectivity index (χ0) is 13.8. The molecule has 1 aliphatic rings. The molecule has 0 aromatic heterocycles. The molecule has 4 nitrogen and oxygen atoms in total. The molecule has 1 fully saturated rings. The minimum atomic E-state index is -0.902. The standard InChI is InChI=1S/C13H16BrFN2O2/c14-10-8-9(2-3-11(10)15)12(13(18)19)17-6-1-4-16-5-7-17/h2-3,8,12,16H,1,4-7H2,(H,18,19). The van der Waals surface area contributed by atoms with E-state index in [1.807, 2.05) is 4.90 Å². The lowest BCUT2D eigenvalue weighted by molar-refractivity contribution is -0.143. The molecule has 104 valence electrons. The number of carboxylic acids is 1. The van der Waals surface area contributed by atoms with Gasteiger partial charge >= 0.3 is 5.97 Å². The molecule has 0 radical (unpaired) electrons. The summed E-state index contributed by atoms with van der Waals surface area (Å²) in [4.78, 5) is 13.5. The summed E-state index contributed by atoms with van der Waals surface area (Å²) in [6, 6.07) is 3.66. The van der Waals surface area contributed by atoms with Gasteiger partial charge < -0.3 is 10.4 Å². The molecule has 6 heteroatoms. The number of carboxylic acid groups (broad SMARTS) is 1. The molecular weight excluding hydrogens is 315 g/mol. The number of aliphatic carboxylic acids is 1. The highest BCUT2D eigenvalue weighted by Gasteiger charge is 2.28. The molecule has 1 atom stereocenters. The van der Waals surface area contributed by atoms with Gasteiger partial charge in [-0.2, -0.15) is 0 Å². The van der Waals surface area contributed by atoms with Crippen molar-refractivity contribution in [3.8, 4) is 0 Å². The third-order valence-electron chi connectivity index (χ3n) is 3.23. The van der Waals surface area contributed by atoms with E-state index in [1.54, 1.807) is 6.07 Å². The van der Waals surface area contributed by atoms with Crippen molar-refractivity contribution in [2.75, 3.05) is 26.2 Å². The molecule has 19 heavy (non-hydrogen) atoms. The van der Waals surface area contributed by atoms with Crippen LogP contribution in [0.25, 0.3) is 0 Å². The van der Waals surface area contributed by atoms with Crippen molar-refractivity contribution in [2.24, 2.45) is 0 Å². The summed E-state index contributed by atoms with van der Waals surface area (Å²) < 4.78 is 13.5. The van der Waals surface area contributed by atoms with Crippen LogP contribution in [0.5, 0.6) is 0 Å². The Balaban J connectivity index is 2.27. The van der Waals surface area contributed by atoms with Crippen molar-refractivity contribution in [2.45, 2.75) is 12.5 Å². The van der Waals surface area contributed by atoms with Crippen LogP contribution in [0.15, 0.2) is 22.7 Å². The van der Waals surface area contributed by atoms with Gasteiger partial charge in [0.15, 0.2) is 0 Å². The van der Waals surface area contributed by atoms with Crippen LogP contribution in [0, 0.1) is 5.82 Å². The predicted molar refractivity (Wildman–Crippen MR) is 73.5 cm³/mol. The van der Waals surface area contributed by atoms with Crippen LogP contribution in [0.2, 0.25) is 0 Å². The summed E-state index contributed by atoms with van der Waals surface area (Å²) in [5.41, 5.74) is 0.600. The molecular formula is C13H16BrFN2O2. The summed E-state index contributed by atoms with van der Waals surface area (Å²) in [5.74, 6) is -1.29. The number of halogens is 2. The lowest BCUT2D eigenvalue weighted by Gasteiger charge is -2.27. The summed E-state index contributed by atoms with van der Waals surface area (Å²) in [6.45, 7) is 3.06. The Labute approximate surface area is 119 Å². The minimum absolute atomic E-state index is 0.296. The number of hydrogen-bond acceptors (Lipinski definition) is 3. The molecule has 0 bridgehead atoms. The minimum Gasteiger partial charge on any atom is -0.480 e. The number of rotatable bonds is 3. The van der Waals surface area contributed by atoms with Gasteiger partial charge in [-0.3, -0.25) is 9.69 Å². The monoisotopic (exact) mass is 330 g/mol. The van der Waals surface area contributed by atoms with E-state index in [9.17, 15) is 14.3 Å². The number of nitrogens with zero attached hydrogens (tertiary/aromatic N) is 1. The van der Waals surface area contributed by atoms with Gasteiger partial charge in [0, 0.05) is 19.6 Å². The third-order valence-corrected chi connectivity index (χ3v) is 3.84. The third kappa shape index (κ3) is 3.52. The second-order valence-electron chi connectivity index (χ2n) is 4.55. The van der Waals surface area contributed by atoms with Crippen molar-refractivity contribution < 1.29 is 14.3 Å². The zero-order valence-electron chi connectivity index (χ0n) is 10.4. The number of carbonyl (C=O) groups is 1. The first-order valence-corrected chi connectivity index (χ1v) is 7.01. The first kappa shape index (κ1) is 14.4. The highest BCUT2D eigenvalue weighted by molar-refractivity contribution is 9.10. The molecule has 1 saturated heterocycles. The second-order valence-corrected chi connectivity index (χ2v) is 5.41. The van der Waals surface area contributed by atoms with Crippen molar-refractivity contribution in [1.82, 2.24) is 10.2 Å². The van der Waals surface area contributed by atoms with Gasteiger partial charge in [-0.05, 0) is 46.6 Å². The van der Waals surface area contributed by atoms with E-state index < -0.39 is 12.0 Å². The predicted octanol–water partition coefficient (Wildman–Crippen LogP) is 2.01. The van der Waals surface area contributed by atoms with Crippen molar-refractivity contribution in [3.63, 3.8) is 0 Å². The first-order valence-electron chi connectivity index (χ1n) is 6.22. The fraction of sp³-hybridized carbons (Fsp3) is 0.462. The molecule has 2 N–H and O–H groups in total. The van der Waals surface area contributed by atoms with Gasteiger partial charge in [-0.1, -0.05) is 6.07 Å². The SMILES string of the molecule is O=C(O)C(c1ccc(F)c(Br)c1)N1CCCNCC1. The zero-order valence-corrected chi connectivity index (χ0v) is 12.0. The van der Waals surface area contributed by atoms with Crippen LogP contribution >= 0.6 is 15.9 Å². The number of benzene rings is 1. The van der Waals surface area contributed by atoms with Crippen LogP contribution in [0.1, 0.15) is 18.0 Å². The summed E-state index contributed by atoms with van der Waals surface area (Å²) in [6.07, 6.45) is 0.909. The molecule has 1 aliphatic heterocycles. The van der Waals surface area contributed by atoms with E-state index in [0.29, 0.717) is 16.6 Å². The average molecular weight is 331 g/mol. The lowest BCUT2D eigenvalue weighted by Crippen LogP contribution is -2.36. The summed E-state index contributed by atoms with van der Waals surface area (Å²) in [7, 11) is 0. The average Bonchev–Trinajstić information content (AvgIpc) is 2.62. The summed E-state index contributed by atoms with van der Waals surface area (Å²) >= 11 is 3.10. The lowest BCUT2D eigenvalue weighted by atomic mass is 10.0. The Morgan fingerprint density at radius 2 is 2.21 bits per heavy atom. The number of hydrogen-bond donors (Lipinski definition) is 2. The van der Waals surface area contributed by atoms with Gasteiger partial charge in [0.25, 0.3) is 0 Å². The molecule has 0 aliphatic carbocycles. The largest absolute Gasteiger partial charge is 0.480 e. The van der Waals surface area contributed by atoms with Crippen LogP contribution in [0.3, 0.4) is 0 Å². The maximum Gasteiger partial charge on any atom is 0.325 e. The smallest absolute Gasteiger partial charge is 0.325 e. The molecule has 1 unspecified atom stereocenters. The normalized spacial score (nSPS) is 18.8. The Kier molecular flexibility index (Phi) is 4.90. The van der Waals surface area contributed by atoms with E-state index in [0.717, 1.165) is 26.1 Å². The Hall–Kier alpha value is -0.980. The van der Waals surface area contributed by atoms with Crippen molar-refractivity contribution >= 4 is 21.9 Å². The van der Waals surface area contributed by atoms with E-state index >= 15 is 0 Å². The van der Waals surface area contributed by atoms with E-state index in [-0.39, 0.29) is 5.82 Å². The van der Waals surface area contributed by atoms with Gasteiger partial charge in [0.1, 0.15) is 11.9 Å². The van der Waals surface area contributed by atoms with Gasteiger partial charge in [0.2, 0.25) is 0 Å². The maximum absolute atomic E-state index is 13.3. The Bertz CT molecular complexity index is 462. The molecule has 0 saturated carbocycles. The Morgan fingerprint density at radius 3 is 2.89 bits per heavy atom. The van der Waals surface area contributed by atoms with E-state index in [1.165, 1.54) is 12.1 Å². The highest BCUT2D eigenvalue weighted by Crippen LogP contribution is 2.26. The van der Waals surface area contributed by atoms with Crippen LogP contribution in [-0.4, -0.2) is 42.2 Å². The second kappa shape index (κ2) is 6.45. The number of nitrogens with one attached hydrogen (secondary N) is 1. The van der Waals surface area contributed by atoms with Gasteiger partial charge in [-0.25, -0.2) is 4.39 Å². The fourth-order valence-corrected chi connectivity index (χ4v) is 2.71. The van der Waals surface area contributed by atoms with Gasteiger partial charge in [0.05, 0.1) is 4.47 Å². The maximum atomic E-state index is 13.3. The van der Waals surface area contributed by atoms with Crippen LogP contribution < -0.4 is 5.32 Å². The van der Waals surface area contributed by atoms with E-state index in [4.69, 9.17) is 0 Å². The van der Waals surface area contributed by atoms with Crippen molar-refractivity contribution in [3.05, 3.63) is 34.1 Å². The first-order chi connectivity index (χ1) is 9.09. The molecule has 0 amide bonds. The molecule has 1 heterocycles.